The van der Waals surface area contributed by atoms with Crippen LogP contribution in [-0.2, 0) is 4.79 Å². The van der Waals surface area contributed by atoms with Crippen molar-refractivity contribution in [1.82, 2.24) is 25.6 Å². The van der Waals surface area contributed by atoms with Crippen molar-refractivity contribution in [2.45, 2.75) is 37.8 Å². The molecule has 0 unspecified atom stereocenters. The molecule has 4 N–H and O–H groups in total. The van der Waals surface area contributed by atoms with Gasteiger partial charge in [0, 0.05) is 48.5 Å². The quantitative estimate of drug-likeness (QED) is 0.471. The molecule has 2 fully saturated rings. The van der Waals surface area contributed by atoms with Crippen LogP contribution in [0, 0.1) is 5.92 Å². The molecule has 0 spiro atoms. The Hall–Kier alpha value is -2.64. The number of halogens is 1. The van der Waals surface area contributed by atoms with E-state index in [0.29, 0.717) is 11.2 Å². The molecule has 156 valence electrons. The Morgan fingerprint density at radius 3 is 2.70 bits per heavy atom. The number of aromatic nitrogens is 3. The van der Waals surface area contributed by atoms with Crippen molar-refractivity contribution in [2.75, 3.05) is 18.4 Å². The van der Waals surface area contributed by atoms with Crippen LogP contribution >= 0.6 is 11.6 Å². The molecule has 0 radical (unpaired) electrons. The Balaban J connectivity index is 1.24. The van der Waals surface area contributed by atoms with E-state index >= 15 is 0 Å². The summed E-state index contributed by atoms with van der Waals surface area (Å²) in [4.78, 5) is 24.2. The van der Waals surface area contributed by atoms with E-state index in [1.807, 2.05) is 30.5 Å². The van der Waals surface area contributed by atoms with Gasteiger partial charge in [0.25, 0.3) is 0 Å². The lowest BCUT2D eigenvalue weighted by Gasteiger charge is -2.33. The zero-order chi connectivity index (χ0) is 20.5. The molecule has 1 saturated carbocycles. The predicted octanol–water partition coefficient (Wildman–Crippen LogP) is 3.34. The highest BCUT2D eigenvalue weighted by Crippen LogP contribution is 2.31. The first kappa shape index (κ1) is 19.3. The number of H-pyrrole nitrogens is 1. The number of anilines is 1. The lowest BCUT2D eigenvalue weighted by Crippen LogP contribution is -2.53. The normalized spacial score (nSPS) is 21.9. The number of nitrogens with one attached hydrogen (secondary N) is 4. The lowest BCUT2D eigenvalue weighted by molar-refractivity contribution is -0.127. The summed E-state index contributed by atoms with van der Waals surface area (Å²) in [5, 5.41) is 11.4. The minimum absolute atomic E-state index is 0.148. The molecule has 3 aromatic heterocycles. The van der Waals surface area contributed by atoms with E-state index in [0.717, 1.165) is 66.8 Å². The molecule has 5 rings (SSSR count). The van der Waals surface area contributed by atoms with Gasteiger partial charge in [-0.15, -0.1) is 0 Å². The van der Waals surface area contributed by atoms with Gasteiger partial charge >= 0.3 is 0 Å². The molecule has 0 aromatic carbocycles. The number of carbonyl (C=O) groups excluding carboxylic acids is 1. The van der Waals surface area contributed by atoms with E-state index in [4.69, 9.17) is 11.6 Å². The number of aromatic amines is 1. The van der Waals surface area contributed by atoms with Gasteiger partial charge < -0.3 is 20.9 Å². The van der Waals surface area contributed by atoms with Crippen LogP contribution in [0.25, 0.3) is 22.2 Å². The summed E-state index contributed by atoms with van der Waals surface area (Å²) in [7, 11) is 0. The first-order valence-electron chi connectivity index (χ1n) is 10.5. The number of pyridine rings is 2. The van der Waals surface area contributed by atoms with Crippen molar-refractivity contribution in [3.63, 3.8) is 0 Å². The van der Waals surface area contributed by atoms with E-state index in [2.05, 4.69) is 30.9 Å². The number of rotatable bonds is 5. The summed E-state index contributed by atoms with van der Waals surface area (Å²) in [5.41, 5.74) is 2.92. The van der Waals surface area contributed by atoms with Crippen LogP contribution in [0.1, 0.15) is 25.7 Å². The second kappa shape index (κ2) is 8.24. The molecule has 7 nitrogen and oxygen atoms in total. The van der Waals surface area contributed by atoms with Crippen LogP contribution in [0.2, 0.25) is 5.15 Å². The van der Waals surface area contributed by atoms with E-state index < -0.39 is 0 Å². The minimum atomic E-state index is 0.148. The number of nitrogens with zero attached hydrogens (tertiary/aromatic N) is 2. The van der Waals surface area contributed by atoms with Crippen LogP contribution < -0.4 is 16.0 Å². The van der Waals surface area contributed by atoms with Crippen LogP contribution in [0.15, 0.2) is 36.7 Å². The summed E-state index contributed by atoms with van der Waals surface area (Å²) >= 11 is 6.34. The van der Waals surface area contributed by atoms with Crippen molar-refractivity contribution < 1.29 is 4.79 Å². The fraction of sp³-hybridized carbons (Fsp3) is 0.409. The summed E-state index contributed by atoms with van der Waals surface area (Å²) in [6.07, 6.45) is 7.68. The largest absolute Gasteiger partial charge is 0.367 e. The van der Waals surface area contributed by atoms with Gasteiger partial charge in [0.05, 0.1) is 5.92 Å². The average molecular weight is 425 g/mol. The van der Waals surface area contributed by atoms with Crippen LogP contribution in [-0.4, -0.2) is 46.0 Å². The Bertz CT molecular complexity index is 1050. The zero-order valence-electron chi connectivity index (χ0n) is 16.6. The first-order chi connectivity index (χ1) is 14.7. The highest BCUT2D eigenvalue weighted by Gasteiger charge is 2.28. The summed E-state index contributed by atoms with van der Waals surface area (Å²) in [6, 6.07) is 8.50. The number of hydrogen-bond donors (Lipinski definition) is 4. The van der Waals surface area contributed by atoms with Crippen LogP contribution in [0.5, 0.6) is 0 Å². The topological polar surface area (TPSA) is 94.7 Å². The van der Waals surface area contributed by atoms with Crippen LogP contribution in [0.4, 0.5) is 5.82 Å². The summed E-state index contributed by atoms with van der Waals surface area (Å²) in [5.74, 6) is 1.12. The molecular formula is C22H25ClN6O. The summed E-state index contributed by atoms with van der Waals surface area (Å²) in [6.45, 7) is 1.61. The van der Waals surface area contributed by atoms with Gasteiger partial charge in [-0.2, -0.15) is 0 Å². The third-order valence-corrected chi connectivity index (χ3v) is 6.33. The monoisotopic (exact) mass is 424 g/mol. The maximum atomic E-state index is 12.1. The molecule has 3 aromatic rings. The average Bonchev–Trinajstić information content (AvgIpc) is 3.12. The third kappa shape index (κ3) is 4.00. The van der Waals surface area contributed by atoms with Gasteiger partial charge in [-0.25, -0.2) is 9.97 Å². The molecule has 4 heterocycles. The number of amides is 1. The first-order valence-corrected chi connectivity index (χ1v) is 10.9. The van der Waals surface area contributed by atoms with Crippen molar-refractivity contribution in [2.24, 2.45) is 5.92 Å². The Morgan fingerprint density at radius 1 is 1.13 bits per heavy atom. The van der Waals surface area contributed by atoms with E-state index in [1.165, 1.54) is 0 Å². The van der Waals surface area contributed by atoms with Crippen LogP contribution in [0.3, 0.4) is 0 Å². The maximum Gasteiger partial charge on any atom is 0.225 e. The van der Waals surface area contributed by atoms with Gasteiger partial charge in [0.15, 0.2) is 0 Å². The van der Waals surface area contributed by atoms with Gasteiger partial charge in [-0.3, -0.25) is 4.79 Å². The highest BCUT2D eigenvalue weighted by molar-refractivity contribution is 6.29. The van der Waals surface area contributed by atoms with Crippen molar-refractivity contribution >= 4 is 34.4 Å². The third-order valence-electron chi connectivity index (χ3n) is 6.13. The van der Waals surface area contributed by atoms with Gasteiger partial charge in [0.2, 0.25) is 5.91 Å². The lowest BCUT2D eigenvalue weighted by atomic mass is 9.90. The van der Waals surface area contributed by atoms with Crippen molar-refractivity contribution in [1.29, 1.82) is 0 Å². The molecule has 2 aliphatic rings. The zero-order valence-corrected chi connectivity index (χ0v) is 17.4. The summed E-state index contributed by atoms with van der Waals surface area (Å²) < 4.78 is 0. The second-order valence-corrected chi connectivity index (χ2v) is 8.61. The molecule has 0 bridgehead atoms. The molecule has 1 saturated heterocycles. The van der Waals surface area contributed by atoms with E-state index in [1.54, 1.807) is 6.20 Å². The van der Waals surface area contributed by atoms with Crippen molar-refractivity contribution in [3.8, 4) is 11.1 Å². The SMILES string of the molecule is O=C(N[C@H]1CC[C@H](Nc2cc(-c3c[nH]c4ncccc34)cc(Cl)n2)CC1)C1CNC1. The Morgan fingerprint density at radius 2 is 1.93 bits per heavy atom. The molecule has 0 atom stereocenters. The maximum absolute atomic E-state index is 12.1. The van der Waals surface area contributed by atoms with Gasteiger partial charge in [-0.1, -0.05) is 11.6 Å². The molecule has 1 aliphatic carbocycles. The Kier molecular flexibility index (Phi) is 5.31. The second-order valence-electron chi connectivity index (χ2n) is 8.22. The number of carbonyl (C=O) groups is 1. The Labute approximate surface area is 180 Å². The molecule has 1 aliphatic heterocycles. The molecule has 30 heavy (non-hydrogen) atoms. The van der Waals surface area contributed by atoms with Crippen molar-refractivity contribution in [3.05, 3.63) is 41.8 Å². The van der Waals surface area contributed by atoms with E-state index in [9.17, 15) is 4.79 Å². The van der Waals surface area contributed by atoms with E-state index in [-0.39, 0.29) is 17.9 Å². The smallest absolute Gasteiger partial charge is 0.225 e. The molecular weight excluding hydrogens is 400 g/mol. The van der Waals surface area contributed by atoms with Gasteiger partial charge in [-0.05, 0) is 55.5 Å². The molecule has 1 amide bonds. The number of fused-ring (bicyclic) bond motifs is 1. The highest BCUT2D eigenvalue weighted by atomic mass is 35.5. The minimum Gasteiger partial charge on any atom is -0.367 e. The fourth-order valence-electron chi connectivity index (χ4n) is 4.31. The number of hydrogen-bond acceptors (Lipinski definition) is 5. The fourth-order valence-corrected chi connectivity index (χ4v) is 4.51. The molecule has 8 heteroatoms. The predicted molar refractivity (Wildman–Crippen MR) is 119 cm³/mol. The standard InChI is InChI=1S/C22H25ClN6O/c23-19-8-13(18-12-26-21-17(18)2-1-7-25-21)9-20(29-19)27-15-3-5-16(6-4-15)28-22(30)14-10-24-11-14/h1-2,7-9,12,14-16,24H,3-6,10-11H2,(H,25,26)(H,27,29)(H,28,30)/t15-,16-. The van der Waals surface area contributed by atoms with Gasteiger partial charge in [0.1, 0.15) is 16.6 Å².